The zero-order valence-electron chi connectivity index (χ0n) is 17.3. The van der Waals surface area contributed by atoms with E-state index in [1.165, 1.54) is 12.1 Å². The molecule has 0 spiro atoms. The number of aryl methyl sites for hydroxylation is 1. The molecule has 164 valence electrons. The van der Waals surface area contributed by atoms with Crippen LogP contribution in [0.2, 0.25) is 0 Å². The summed E-state index contributed by atoms with van der Waals surface area (Å²) in [5.74, 6) is 0.375. The lowest BCUT2D eigenvalue weighted by Crippen LogP contribution is -2.37. The Morgan fingerprint density at radius 1 is 1.22 bits per heavy atom. The van der Waals surface area contributed by atoms with Gasteiger partial charge in [0, 0.05) is 44.2 Å². The molecule has 2 amide bonds. The number of anilines is 1. The maximum Gasteiger partial charge on any atom is 0.231 e. The van der Waals surface area contributed by atoms with Crippen molar-refractivity contribution in [2.45, 2.75) is 12.5 Å². The normalized spacial score (nSPS) is 18.1. The summed E-state index contributed by atoms with van der Waals surface area (Å²) in [5.41, 5.74) is 1.23. The van der Waals surface area contributed by atoms with Crippen LogP contribution >= 0.6 is 0 Å². The largest absolute Gasteiger partial charge is 0.454 e. The van der Waals surface area contributed by atoms with Crippen LogP contribution in [0.5, 0.6) is 11.5 Å². The Hall–Kier alpha value is -3.88. The molecular formula is C23H21FN4O4. The fourth-order valence-corrected chi connectivity index (χ4v) is 4.08. The maximum atomic E-state index is 13.9. The van der Waals surface area contributed by atoms with Crippen LogP contribution in [0.15, 0.2) is 54.9 Å². The highest BCUT2D eigenvalue weighted by atomic mass is 19.1. The van der Waals surface area contributed by atoms with Crippen molar-refractivity contribution in [3.63, 3.8) is 0 Å². The second-order valence-corrected chi connectivity index (χ2v) is 7.84. The van der Waals surface area contributed by atoms with Crippen LogP contribution in [0, 0.1) is 11.7 Å². The highest BCUT2D eigenvalue weighted by Crippen LogP contribution is 2.37. The standard InChI is InChI=1S/C23H21FN4O4/c1-27-8-7-25-22(27)21(14-3-2-4-16(24)9-14)26-23(30)15-10-20(29)28(12-15)17-5-6-18-19(11-17)32-13-31-18/h2-9,11,15,21H,10,12-13H2,1H3,(H,26,30). The van der Waals surface area contributed by atoms with Crippen molar-refractivity contribution >= 4 is 17.5 Å². The SMILES string of the molecule is Cn1ccnc1C(NC(=O)C1CC(=O)N(c2ccc3c(c2)OCO3)C1)c1cccc(F)c1. The molecule has 9 heteroatoms. The number of fused-ring (bicyclic) bond motifs is 1. The molecule has 2 unspecified atom stereocenters. The Balaban J connectivity index is 1.36. The summed E-state index contributed by atoms with van der Waals surface area (Å²) < 4.78 is 26.4. The average Bonchev–Trinajstić information content (AvgIpc) is 3.51. The van der Waals surface area contributed by atoms with Gasteiger partial charge in [-0.15, -0.1) is 0 Å². The molecule has 2 atom stereocenters. The smallest absolute Gasteiger partial charge is 0.231 e. The molecule has 32 heavy (non-hydrogen) atoms. The van der Waals surface area contributed by atoms with E-state index in [0.717, 1.165) is 0 Å². The van der Waals surface area contributed by atoms with E-state index < -0.39 is 17.8 Å². The zero-order chi connectivity index (χ0) is 22.2. The summed E-state index contributed by atoms with van der Waals surface area (Å²) in [6.07, 6.45) is 3.46. The van der Waals surface area contributed by atoms with Gasteiger partial charge in [0.25, 0.3) is 0 Å². The first kappa shape index (κ1) is 20.0. The highest BCUT2D eigenvalue weighted by Gasteiger charge is 2.37. The minimum absolute atomic E-state index is 0.0801. The number of aromatic nitrogens is 2. The van der Waals surface area contributed by atoms with E-state index in [2.05, 4.69) is 10.3 Å². The average molecular weight is 436 g/mol. The first-order valence-corrected chi connectivity index (χ1v) is 10.2. The summed E-state index contributed by atoms with van der Waals surface area (Å²) in [6, 6.07) is 10.7. The van der Waals surface area contributed by atoms with Gasteiger partial charge in [0.1, 0.15) is 17.7 Å². The van der Waals surface area contributed by atoms with Gasteiger partial charge in [0.05, 0.1) is 5.92 Å². The molecule has 1 fully saturated rings. The highest BCUT2D eigenvalue weighted by molar-refractivity contribution is 6.00. The Labute approximate surface area is 183 Å². The number of ether oxygens (including phenoxy) is 2. The number of carbonyl (C=O) groups excluding carboxylic acids is 2. The number of halogens is 1. The molecule has 1 N–H and O–H groups in total. The Kier molecular flexibility index (Phi) is 5.01. The number of amides is 2. The number of benzene rings is 2. The van der Waals surface area contributed by atoms with Crippen molar-refractivity contribution in [2.24, 2.45) is 13.0 Å². The van der Waals surface area contributed by atoms with Crippen molar-refractivity contribution in [3.8, 4) is 11.5 Å². The van der Waals surface area contributed by atoms with Crippen LogP contribution in [0.1, 0.15) is 23.9 Å². The molecule has 5 rings (SSSR count). The van der Waals surface area contributed by atoms with Crippen LogP contribution in [-0.2, 0) is 16.6 Å². The van der Waals surface area contributed by atoms with E-state index in [1.54, 1.807) is 59.2 Å². The van der Waals surface area contributed by atoms with Crippen LogP contribution in [-0.4, -0.2) is 34.7 Å². The van der Waals surface area contributed by atoms with E-state index in [1.807, 2.05) is 0 Å². The summed E-state index contributed by atoms with van der Waals surface area (Å²) in [5, 5.41) is 2.97. The van der Waals surface area contributed by atoms with E-state index in [-0.39, 0.29) is 31.6 Å². The van der Waals surface area contributed by atoms with Gasteiger partial charge in [-0.2, -0.15) is 0 Å². The molecule has 0 aliphatic carbocycles. The summed E-state index contributed by atoms with van der Waals surface area (Å²) in [4.78, 5) is 31.8. The van der Waals surface area contributed by atoms with Crippen molar-refractivity contribution in [1.82, 2.24) is 14.9 Å². The lowest BCUT2D eigenvalue weighted by Gasteiger charge is -2.21. The third-order valence-corrected chi connectivity index (χ3v) is 5.75. The molecular weight excluding hydrogens is 415 g/mol. The molecule has 3 aromatic rings. The van der Waals surface area contributed by atoms with Gasteiger partial charge in [-0.05, 0) is 29.8 Å². The summed E-state index contributed by atoms with van der Waals surface area (Å²) >= 11 is 0. The number of carbonyl (C=O) groups is 2. The fourth-order valence-electron chi connectivity index (χ4n) is 4.08. The van der Waals surface area contributed by atoms with E-state index in [9.17, 15) is 14.0 Å². The number of nitrogens with one attached hydrogen (secondary N) is 1. The van der Waals surface area contributed by atoms with Crippen molar-refractivity contribution in [2.75, 3.05) is 18.2 Å². The second-order valence-electron chi connectivity index (χ2n) is 7.84. The van der Waals surface area contributed by atoms with E-state index >= 15 is 0 Å². The number of nitrogens with zero attached hydrogens (tertiary/aromatic N) is 3. The molecule has 8 nitrogen and oxygen atoms in total. The first-order chi connectivity index (χ1) is 15.5. The molecule has 3 heterocycles. The third kappa shape index (κ3) is 3.66. The van der Waals surface area contributed by atoms with Gasteiger partial charge in [0.2, 0.25) is 18.6 Å². The van der Waals surface area contributed by atoms with Crippen LogP contribution < -0.4 is 19.7 Å². The van der Waals surface area contributed by atoms with Gasteiger partial charge in [-0.1, -0.05) is 12.1 Å². The van der Waals surface area contributed by atoms with Gasteiger partial charge < -0.3 is 24.3 Å². The predicted molar refractivity (Wildman–Crippen MR) is 113 cm³/mol. The third-order valence-electron chi connectivity index (χ3n) is 5.75. The quantitative estimate of drug-likeness (QED) is 0.665. The van der Waals surface area contributed by atoms with E-state index in [4.69, 9.17) is 9.47 Å². The lowest BCUT2D eigenvalue weighted by molar-refractivity contribution is -0.126. The monoisotopic (exact) mass is 436 g/mol. The zero-order valence-corrected chi connectivity index (χ0v) is 17.3. The number of hydrogen-bond acceptors (Lipinski definition) is 5. The topological polar surface area (TPSA) is 85.7 Å². The fraction of sp³-hybridized carbons (Fsp3) is 0.261. The molecule has 1 saturated heterocycles. The summed E-state index contributed by atoms with van der Waals surface area (Å²) in [7, 11) is 1.81. The maximum absolute atomic E-state index is 13.9. The van der Waals surface area contributed by atoms with E-state index in [0.29, 0.717) is 28.6 Å². The Bertz CT molecular complexity index is 1190. The van der Waals surface area contributed by atoms with Crippen molar-refractivity contribution < 1.29 is 23.5 Å². The van der Waals surface area contributed by atoms with Crippen molar-refractivity contribution in [3.05, 3.63) is 72.1 Å². The molecule has 2 aliphatic heterocycles. The lowest BCUT2D eigenvalue weighted by atomic mass is 10.0. The Morgan fingerprint density at radius 2 is 2.06 bits per heavy atom. The summed E-state index contributed by atoms with van der Waals surface area (Å²) in [6.45, 7) is 0.382. The van der Waals surface area contributed by atoms with Gasteiger partial charge >= 0.3 is 0 Å². The van der Waals surface area contributed by atoms with Crippen molar-refractivity contribution in [1.29, 1.82) is 0 Å². The number of rotatable bonds is 5. The van der Waals surface area contributed by atoms with Crippen LogP contribution in [0.25, 0.3) is 0 Å². The second kappa shape index (κ2) is 7.99. The van der Waals surface area contributed by atoms with Crippen LogP contribution in [0.3, 0.4) is 0 Å². The molecule has 1 aromatic heterocycles. The van der Waals surface area contributed by atoms with Gasteiger partial charge in [-0.25, -0.2) is 9.37 Å². The molecule has 0 saturated carbocycles. The van der Waals surface area contributed by atoms with Gasteiger partial charge in [-0.3, -0.25) is 9.59 Å². The first-order valence-electron chi connectivity index (χ1n) is 10.2. The molecule has 0 bridgehead atoms. The van der Waals surface area contributed by atoms with Crippen LogP contribution in [0.4, 0.5) is 10.1 Å². The molecule has 2 aromatic carbocycles. The number of hydrogen-bond donors (Lipinski definition) is 1. The Morgan fingerprint density at radius 3 is 2.84 bits per heavy atom. The minimum atomic E-state index is -0.645. The van der Waals surface area contributed by atoms with Gasteiger partial charge in [0.15, 0.2) is 11.5 Å². The number of imidazole rings is 1. The molecule has 2 aliphatic rings. The predicted octanol–water partition coefficient (Wildman–Crippen LogP) is 2.55. The molecule has 0 radical (unpaired) electrons. The minimum Gasteiger partial charge on any atom is -0.454 e.